The van der Waals surface area contributed by atoms with E-state index in [2.05, 4.69) is 23.3 Å². The van der Waals surface area contributed by atoms with Gasteiger partial charge in [-0.2, -0.15) is 0 Å². The van der Waals surface area contributed by atoms with Gasteiger partial charge in [-0.05, 0) is 78.8 Å². The predicted molar refractivity (Wildman–Crippen MR) is 126 cm³/mol. The highest BCUT2D eigenvalue weighted by Crippen LogP contribution is 2.68. The first kappa shape index (κ1) is 22.8. The van der Waals surface area contributed by atoms with Crippen LogP contribution >= 0.6 is 0 Å². The molecule has 1 aliphatic rings. The molecule has 0 saturated heterocycles. The van der Waals surface area contributed by atoms with Crippen molar-refractivity contribution in [1.29, 1.82) is 0 Å². The molecule has 1 aromatic heterocycles. The Morgan fingerprint density at radius 3 is 2.21 bits per heavy atom. The van der Waals surface area contributed by atoms with Gasteiger partial charge in [-0.25, -0.2) is 8.78 Å². The first-order valence-electron chi connectivity index (χ1n) is 11.3. The molecule has 3 aromatic rings. The van der Waals surface area contributed by atoms with E-state index < -0.39 is 5.41 Å². The lowest BCUT2D eigenvalue weighted by molar-refractivity contribution is -0.116. The number of carbonyl (C=O) groups excluding carboxylic acids is 1. The van der Waals surface area contributed by atoms with Gasteiger partial charge >= 0.3 is 0 Å². The van der Waals surface area contributed by atoms with E-state index >= 15 is 0 Å². The van der Waals surface area contributed by atoms with E-state index in [1.54, 1.807) is 36.5 Å². The van der Waals surface area contributed by atoms with Crippen molar-refractivity contribution in [3.63, 3.8) is 0 Å². The molecule has 0 aliphatic heterocycles. The summed E-state index contributed by atoms with van der Waals surface area (Å²) in [5.41, 5.74) is 2.36. The summed E-state index contributed by atoms with van der Waals surface area (Å²) in [5, 5.41) is 2.95. The number of nitrogens with zero attached hydrogens (tertiary/aromatic N) is 1. The number of nitrogens with one attached hydrogen (secondary N) is 1. The molecular weight excluding hydrogens is 418 g/mol. The van der Waals surface area contributed by atoms with Gasteiger partial charge in [-0.3, -0.25) is 9.78 Å². The van der Waals surface area contributed by atoms with E-state index in [9.17, 15) is 13.6 Å². The van der Waals surface area contributed by atoms with Crippen LogP contribution in [-0.4, -0.2) is 17.4 Å². The van der Waals surface area contributed by atoms with Gasteiger partial charge in [0.2, 0.25) is 5.91 Å². The van der Waals surface area contributed by atoms with Crippen LogP contribution in [0.15, 0.2) is 85.2 Å². The number of halogens is 2. The van der Waals surface area contributed by atoms with Gasteiger partial charge < -0.3 is 5.32 Å². The fourth-order valence-corrected chi connectivity index (χ4v) is 4.74. The lowest BCUT2D eigenvalue weighted by Gasteiger charge is -2.23. The van der Waals surface area contributed by atoms with E-state index in [0.29, 0.717) is 6.54 Å². The molecule has 1 saturated carbocycles. The summed E-state index contributed by atoms with van der Waals surface area (Å²) < 4.78 is 27.1. The molecule has 3 nitrogen and oxygen atoms in total. The number of unbranched alkanes of at least 4 members (excludes halogenated alkanes) is 1. The smallest absolute Gasteiger partial charge is 0.243 e. The maximum absolute atomic E-state index is 13.5. The molecule has 1 aliphatic carbocycles. The van der Waals surface area contributed by atoms with Gasteiger partial charge in [0.05, 0.1) is 0 Å². The second-order valence-electron chi connectivity index (χ2n) is 8.96. The van der Waals surface area contributed by atoms with Gasteiger partial charge in [0.25, 0.3) is 0 Å². The van der Waals surface area contributed by atoms with Gasteiger partial charge in [-0.1, -0.05) is 43.3 Å². The number of rotatable bonds is 9. The maximum atomic E-state index is 13.5. The molecule has 0 bridgehead atoms. The number of amides is 1. The molecule has 4 rings (SSSR count). The molecule has 170 valence electrons. The molecular formula is C28H28F2N2O. The fourth-order valence-electron chi connectivity index (χ4n) is 4.74. The van der Waals surface area contributed by atoms with Crippen LogP contribution in [0.25, 0.3) is 0 Å². The zero-order chi connectivity index (χ0) is 23.3. The number of pyridine rings is 1. The van der Waals surface area contributed by atoms with E-state index in [1.807, 2.05) is 18.3 Å². The van der Waals surface area contributed by atoms with Crippen LogP contribution in [-0.2, 0) is 16.6 Å². The maximum Gasteiger partial charge on any atom is 0.243 e. The van der Waals surface area contributed by atoms with Crippen molar-refractivity contribution in [3.05, 3.63) is 114 Å². The third-order valence-corrected chi connectivity index (χ3v) is 6.67. The number of aryl methyl sites for hydroxylation is 1. The fraction of sp³-hybridized carbons (Fsp3) is 0.286. The molecule has 1 atom stereocenters. The number of carbonyl (C=O) groups is 1. The van der Waals surface area contributed by atoms with E-state index in [0.717, 1.165) is 36.8 Å². The predicted octanol–water partition coefficient (Wildman–Crippen LogP) is 5.75. The van der Waals surface area contributed by atoms with Crippen molar-refractivity contribution >= 4 is 5.91 Å². The molecule has 0 unspecified atom stereocenters. The summed E-state index contributed by atoms with van der Waals surface area (Å²) in [6, 6.07) is 16.9. The highest BCUT2D eigenvalue weighted by Gasteiger charge is 2.64. The number of aromatic nitrogens is 1. The van der Waals surface area contributed by atoms with Crippen LogP contribution in [0.3, 0.4) is 0 Å². The summed E-state index contributed by atoms with van der Waals surface area (Å²) in [7, 11) is 0. The van der Waals surface area contributed by atoms with Gasteiger partial charge in [-0.15, -0.1) is 0 Å². The summed E-state index contributed by atoms with van der Waals surface area (Å²) >= 11 is 0. The Balaban J connectivity index is 1.39. The topological polar surface area (TPSA) is 42.0 Å². The van der Waals surface area contributed by atoms with Crippen LogP contribution in [0.5, 0.6) is 0 Å². The van der Waals surface area contributed by atoms with Crippen LogP contribution in [0.2, 0.25) is 0 Å². The second kappa shape index (κ2) is 9.65. The quantitative estimate of drug-likeness (QED) is 0.336. The zero-order valence-electron chi connectivity index (χ0n) is 18.7. The Labute approximate surface area is 193 Å². The van der Waals surface area contributed by atoms with Crippen molar-refractivity contribution in [3.8, 4) is 0 Å². The monoisotopic (exact) mass is 446 g/mol. The molecule has 1 N–H and O–H groups in total. The highest BCUT2D eigenvalue weighted by molar-refractivity contribution is 5.87. The number of benzene rings is 2. The van der Waals surface area contributed by atoms with Crippen molar-refractivity contribution in [2.75, 3.05) is 6.54 Å². The number of allylic oxidation sites excluding steroid dienone is 1. The Kier molecular flexibility index (Phi) is 6.68. The Morgan fingerprint density at radius 2 is 1.64 bits per heavy atom. The highest BCUT2D eigenvalue weighted by atomic mass is 19.1. The van der Waals surface area contributed by atoms with Crippen molar-refractivity contribution in [1.82, 2.24) is 10.3 Å². The van der Waals surface area contributed by atoms with Crippen LogP contribution in [0, 0.1) is 17.0 Å². The van der Waals surface area contributed by atoms with Crippen LogP contribution in [0.4, 0.5) is 8.78 Å². The van der Waals surface area contributed by atoms with Crippen molar-refractivity contribution in [2.24, 2.45) is 5.41 Å². The lowest BCUT2D eigenvalue weighted by atomic mass is 9.80. The molecule has 33 heavy (non-hydrogen) atoms. The molecule has 1 fully saturated rings. The normalized spacial score (nSPS) is 18.9. The third kappa shape index (κ3) is 5.03. The van der Waals surface area contributed by atoms with E-state index in [-0.39, 0.29) is 23.0 Å². The van der Waals surface area contributed by atoms with Crippen LogP contribution in [0.1, 0.15) is 42.9 Å². The first-order valence-corrected chi connectivity index (χ1v) is 11.3. The molecule has 0 spiro atoms. The largest absolute Gasteiger partial charge is 0.353 e. The van der Waals surface area contributed by atoms with Gasteiger partial charge in [0.1, 0.15) is 11.6 Å². The average molecular weight is 447 g/mol. The first-order chi connectivity index (χ1) is 15.9. The Bertz CT molecular complexity index is 1070. The molecule has 1 heterocycles. The van der Waals surface area contributed by atoms with Crippen molar-refractivity contribution in [2.45, 2.75) is 38.0 Å². The van der Waals surface area contributed by atoms with Gasteiger partial charge in [0.15, 0.2) is 0 Å². The SMILES string of the molecule is C[C@]1(/C=C/C(=O)NCCCCc2cccnc2)CC1(c1ccc(F)cc1)c1ccc(F)cc1. The third-order valence-electron chi connectivity index (χ3n) is 6.67. The minimum Gasteiger partial charge on any atom is -0.353 e. The van der Waals surface area contributed by atoms with E-state index in [1.165, 1.54) is 29.8 Å². The number of hydrogen-bond donors (Lipinski definition) is 1. The summed E-state index contributed by atoms with van der Waals surface area (Å²) in [5.74, 6) is -0.723. The molecule has 0 radical (unpaired) electrons. The standard InChI is InChI=1S/C28H28F2N2O/c1-27(16-15-26(33)32-18-3-2-5-21-6-4-17-31-19-21)20-28(27,22-7-11-24(29)12-8-22)23-9-13-25(30)14-10-23/h4,6-17,19H,2-3,5,18,20H2,1H3,(H,32,33)/b16-15+/t27-/m0/s1. The molecule has 2 aromatic carbocycles. The Morgan fingerprint density at radius 1 is 1.00 bits per heavy atom. The minimum absolute atomic E-state index is 0.128. The summed E-state index contributed by atoms with van der Waals surface area (Å²) in [6.07, 6.45) is 10.7. The van der Waals surface area contributed by atoms with E-state index in [4.69, 9.17) is 0 Å². The van der Waals surface area contributed by atoms with Crippen LogP contribution < -0.4 is 5.32 Å². The van der Waals surface area contributed by atoms with Crippen molar-refractivity contribution < 1.29 is 13.6 Å². The molecule has 5 heteroatoms. The summed E-state index contributed by atoms with van der Waals surface area (Å²) in [6.45, 7) is 2.69. The summed E-state index contributed by atoms with van der Waals surface area (Å²) in [4.78, 5) is 16.5. The minimum atomic E-state index is -0.422. The lowest BCUT2D eigenvalue weighted by Crippen LogP contribution is -2.23. The number of hydrogen-bond acceptors (Lipinski definition) is 2. The van der Waals surface area contributed by atoms with Gasteiger partial charge in [0, 0.05) is 29.8 Å². The Hall–Kier alpha value is -3.34. The second-order valence-corrected chi connectivity index (χ2v) is 8.96. The zero-order valence-corrected chi connectivity index (χ0v) is 18.7. The average Bonchev–Trinajstić information content (AvgIpc) is 3.45. The molecule has 1 amide bonds.